The SMILES string of the molecule is CC(CN)C(=O)Nc1sc2c(c1C#N)CCCCC2. The lowest BCUT2D eigenvalue weighted by atomic mass is 10.1. The van der Waals surface area contributed by atoms with Crippen LogP contribution >= 0.6 is 11.3 Å². The molecular weight excluding hydrogens is 258 g/mol. The average molecular weight is 277 g/mol. The number of nitrogens with two attached hydrogens (primary N) is 1. The number of aryl methyl sites for hydroxylation is 1. The van der Waals surface area contributed by atoms with E-state index in [9.17, 15) is 10.1 Å². The minimum atomic E-state index is -0.228. The van der Waals surface area contributed by atoms with Crippen molar-refractivity contribution in [3.63, 3.8) is 0 Å². The molecule has 19 heavy (non-hydrogen) atoms. The summed E-state index contributed by atoms with van der Waals surface area (Å²) in [6.45, 7) is 2.11. The van der Waals surface area contributed by atoms with Gasteiger partial charge in [0.1, 0.15) is 11.1 Å². The third kappa shape index (κ3) is 2.96. The molecule has 2 rings (SSSR count). The number of nitriles is 1. The molecule has 0 saturated carbocycles. The number of thiophene rings is 1. The van der Waals surface area contributed by atoms with Gasteiger partial charge in [0.15, 0.2) is 0 Å². The van der Waals surface area contributed by atoms with Crippen molar-refractivity contribution in [1.29, 1.82) is 5.26 Å². The van der Waals surface area contributed by atoms with Crippen LogP contribution in [-0.2, 0) is 17.6 Å². The Labute approximate surface area is 117 Å². The van der Waals surface area contributed by atoms with E-state index in [-0.39, 0.29) is 11.8 Å². The highest BCUT2D eigenvalue weighted by Gasteiger charge is 2.22. The molecule has 1 atom stereocenters. The van der Waals surface area contributed by atoms with Gasteiger partial charge in [-0.05, 0) is 31.2 Å². The predicted molar refractivity (Wildman–Crippen MR) is 77.1 cm³/mol. The lowest BCUT2D eigenvalue weighted by Crippen LogP contribution is -2.26. The highest BCUT2D eigenvalue weighted by atomic mass is 32.1. The Bertz CT molecular complexity index is 515. The van der Waals surface area contributed by atoms with Crippen LogP contribution in [0, 0.1) is 17.2 Å². The number of fused-ring (bicyclic) bond motifs is 1. The lowest BCUT2D eigenvalue weighted by molar-refractivity contribution is -0.119. The molecule has 1 aliphatic rings. The van der Waals surface area contributed by atoms with Gasteiger partial charge in [-0.1, -0.05) is 13.3 Å². The Morgan fingerprint density at radius 2 is 2.21 bits per heavy atom. The first-order valence-electron chi connectivity index (χ1n) is 6.73. The molecule has 1 aliphatic carbocycles. The zero-order valence-electron chi connectivity index (χ0n) is 11.2. The second-order valence-electron chi connectivity index (χ2n) is 5.01. The molecule has 3 N–H and O–H groups in total. The van der Waals surface area contributed by atoms with Crippen LogP contribution in [0.1, 0.15) is 42.2 Å². The van der Waals surface area contributed by atoms with Crippen molar-refractivity contribution in [3.05, 3.63) is 16.0 Å². The van der Waals surface area contributed by atoms with Crippen LogP contribution in [0.15, 0.2) is 0 Å². The van der Waals surface area contributed by atoms with Gasteiger partial charge in [0, 0.05) is 17.3 Å². The summed E-state index contributed by atoms with van der Waals surface area (Å²) < 4.78 is 0. The first-order valence-corrected chi connectivity index (χ1v) is 7.54. The number of hydrogen-bond acceptors (Lipinski definition) is 4. The van der Waals surface area contributed by atoms with Gasteiger partial charge in [0.25, 0.3) is 0 Å². The summed E-state index contributed by atoms with van der Waals surface area (Å²) in [6.07, 6.45) is 5.50. The summed E-state index contributed by atoms with van der Waals surface area (Å²) in [5, 5.41) is 12.9. The van der Waals surface area contributed by atoms with Crippen LogP contribution < -0.4 is 11.1 Å². The van der Waals surface area contributed by atoms with Crippen molar-refractivity contribution in [1.82, 2.24) is 0 Å². The summed E-state index contributed by atoms with van der Waals surface area (Å²) in [7, 11) is 0. The molecule has 0 aromatic carbocycles. The van der Waals surface area contributed by atoms with Gasteiger partial charge in [-0.3, -0.25) is 4.79 Å². The van der Waals surface area contributed by atoms with Crippen LogP contribution in [0.4, 0.5) is 5.00 Å². The van der Waals surface area contributed by atoms with E-state index in [1.165, 1.54) is 17.7 Å². The fraction of sp³-hybridized carbons (Fsp3) is 0.571. The first kappa shape index (κ1) is 14.0. The molecule has 4 nitrogen and oxygen atoms in total. The van der Waals surface area contributed by atoms with E-state index in [4.69, 9.17) is 5.73 Å². The van der Waals surface area contributed by atoms with Crippen LogP contribution in [0.3, 0.4) is 0 Å². The topological polar surface area (TPSA) is 78.9 Å². The number of amides is 1. The van der Waals surface area contributed by atoms with Gasteiger partial charge in [0.2, 0.25) is 5.91 Å². The molecule has 0 saturated heterocycles. The van der Waals surface area contributed by atoms with Crippen LogP contribution in [0.25, 0.3) is 0 Å². The third-order valence-corrected chi connectivity index (χ3v) is 4.78. The summed E-state index contributed by atoms with van der Waals surface area (Å²) in [6, 6.07) is 2.26. The molecule has 0 radical (unpaired) electrons. The molecule has 102 valence electrons. The minimum absolute atomic E-state index is 0.101. The zero-order valence-corrected chi connectivity index (χ0v) is 12.0. The first-order chi connectivity index (χ1) is 9.17. The monoisotopic (exact) mass is 277 g/mol. The molecule has 1 aromatic rings. The molecule has 1 aromatic heterocycles. The number of nitrogens with one attached hydrogen (secondary N) is 1. The summed E-state index contributed by atoms with van der Waals surface area (Å²) >= 11 is 1.56. The maximum Gasteiger partial charge on any atom is 0.229 e. The summed E-state index contributed by atoms with van der Waals surface area (Å²) in [5.74, 6) is -0.330. The molecule has 0 aliphatic heterocycles. The van der Waals surface area contributed by atoms with Crippen molar-refractivity contribution < 1.29 is 4.79 Å². The second-order valence-corrected chi connectivity index (χ2v) is 6.11. The van der Waals surface area contributed by atoms with E-state index in [1.54, 1.807) is 18.3 Å². The largest absolute Gasteiger partial charge is 0.330 e. The van der Waals surface area contributed by atoms with Gasteiger partial charge in [-0.2, -0.15) is 5.26 Å². The van der Waals surface area contributed by atoms with E-state index in [1.807, 2.05) is 0 Å². The summed E-state index contributed by atoms with van der Waals surface area (Å²) in [4.78, 5) is 13.2. The molecule has 5 heteroatoms. The number of rotatable bonds is 3. The molecule has 0 bridgehead atoms. The number of hydrogen-bond donors (Lipinski definition) is 2. The van der Waals surface area contributed by atoms with E-state index in [0.29, 0.717) is 17.1 Å². The maximum atomic E-state index is 11.9. The van der Waals surface area contributed by atoms with Crippen molar-refractivity contribution in [2.24, 2.45) is 11.7 Å². The average Bonchev–Trinajstić information content (AvgIpc) is 2.59. The van der Waals surface area contributed by atoms with Gasteiger partial charge in [0.05, 0.1) is 5.56 Å². The van der Waals surface area contributed by atoms with E-state index in [0.717, 1.165) is 24.8 Å². The third-order valence-electron chi connectivity index (χ3n) is 3.57. The van der Waals surface area contributed by atoms with Crippen molar-refractivity contribution in [2.75, 3.05) is 11.9 Å². The maximum absolute atomic E-state index is 11.9. The van der Waals surface area contributed by atoms with E-state index in [2.05, 4.69) is 11.4 Å². The van der Waals surface area contributed by atoms with Crippen molar-refractivity contribution in [3.8, 4) is 6.07 Å². The van der Waals surface area contributed by atoms with Crippen LogP contribution in [0.5, 0.6) is 0 Å². The smallest absolute Gasteiger partial charge is 0.229 e. The second kappa shape index (κ2) is 6.18. The van der Waals surface area contributed by atoms with E-state index >= 15 is 0 Å². The summed E-state index contributed by atoms with van der Waals surface area (Å²) in [5.41, 5.74) is 7.31. The quantitative estimate of drug-likeness (QED) is 0.833. The Balaban J connectivity index is 2.27. The Morgan fingerprint density at radius 1 is 1.47 bits per heavy atom. The predicted octanol–water partition coefficient (Wildman–Crippen LogP) is 2.42. The fourth-order valence-corrected chi connectivity index (χ4v) is 3.53. The zero-order chi connectivity index (χ0) is 13.8. The Hall–Kier alpha value is -1.38. The molecule has 1 heterocycles. The van der Waals surface area contributed by atoms with Crippen LogP contribution in [-0.4, -0.2) is 12.5 Å². The van der Waals surface area contributed by atoms with Gasteiger partial charge in [-0.25, -0.2) is 0 Å². The van der Waals surface area contributed by atoms with E-state index < -0.39 is 0 Å². The highest BCUT2D eigenvalue weighted by molar-refractivity contribution is 7.16. The molecule has 0 fully saturated rings. The number of carbonyl (C=O) groups is 1. The van der Waals surface area contributed by atoms with Gasteiger partial charge in [-0.15, -0.1) is 11.3 Å². The number of anilines is 1. The fourth-order valence-electron chi connectivity index (χ4n) is 2.29. The normalized spacial score (nSPS) is 16.1. The number of nitrogens with zero attached hydrogens (tertiary/aromatic N) is 1. The van der Waals surface area contributed by atoms with Crippen molar-refractivity contribution in [2.45, 2.75) is 39.0 Å². The highest BCUT2D eigenvalue weighted by Crippen LogP contribution is 2.37. The molecule has 0 spiro atoms. The van der Waals surface area contributed by atoms with Crippen LogP contribution in [0.2, 0.25) is 0 Å². The standard InChI is InChI=1S/C14H19N3OS/c1-9(7-15)13(18)17-14-11(8-16)10-5-3-2-4-6-12(10)19-14/h9H,2-7,15H2,1H3,(H,17,18). The molecular formula is C14H19N3OS. The molecule has 1 unspecified atom stereocenters. The minimum Gasteiger partial charge on any atom is -0.330 e. The molecule has 1 amide bonds. The Kier molecular flexibility index (Phi) is 4.56. The lowest BCUT2D eigenvalue weighted by Gasteiger charge is -2.08. The number of carbonyl (C=O) groups excluding carboxylic acids is 1. The van der Waals surface area contributed by atoms with Gasteiger partial charge < -0.3 is 11.1 Å². The Morgan fingerprint density at radius 3 is 2.89 bits per heavy atom. The van der Waals surface area contributed by atoms with Gasteiger partial charge >= 0.3 is 0 Å². The van der Waals surface area contributed by atoms with Crippen molar-refractivity contribution >= 4 is 22.2 Å².